The summed E-state index contributed by atoms with van der Waals surface area (Å²) in [4.78, 5) is 6.41. The molecule has 1 spiro atoms. The summed E-state index contributed by atoms with van der Waals surface area (Å²) in [6.45, 7) is 5.21. The van der Waals surface area contributed by atoms with E-state index in [1.807, 2.05) is 11.0 Å². The number of guanidine groups is 1. The van der Waals surface area contributed by atoms with Crippen LogP contribution in [0.3, 0.4) is 0 Å². The van der Waals surface area contributed by atoms with Crippen molar-refractivity contribution in [3.63, 3.8) is 0 Å². The van der Waals surface area contributed by atoms with E-state index in [-0.39, 0.29) is 11.4 Å². The van der Waals surface area contributed by atoms with E-state index in [0.717, 1.165) is 12.8 Å². The van der Waals surface area contributed by atoms with Gasteiger partial charge >= 0.3 is 0 Å². The lowest BCUT2D eigenvalue weighted by molar-refractivity contribution is 0.159. The first-order valence-electron chi connectivity index (χ1n) is 7.41. The minimum absolute atomic E-state index is 0.149. The van der Waals surface area contributed by atoms with E-state index < -0.39 is 0 Å². The molecule has 1 heterocycles. The number of nitrogens with zero attached hydrogens (tertiary/aromatic N) is 2. The number of benzene rings is 1. The van der Waals surface area contributed by atoms with Crippen LogP contribution in [0.15, 0.2) is 29.3 Å². The van der Waals surface area contributed by atoms with Gasteiger partial charge in [0.1, 0.15) is 5.82 Å². The Morgan fingerprint density at radius 3 is 2.85 bits per heavy atom. The maximum Gasteiger partial charge on any atom is 0.196 e. The molecule has 0 aromatic heterocycles. The fraction of sp³-hybridized carbons (Fsp3) is 0.562. The van der Waals surface area contributed by atoms with Crippen molar-refractivity contribution in [2.45, 2.75) is 38.6 Å². The number of hydrogen-bond acceptors (Lipinski definition) is 3. The van der Waals surface area contributed by atoms with E-state index in [4.69, 9.17) is 5.73 Å². The SMILES string of the molecule is CC1CCCC2(CN=C(N)N2c2ccccc2F)C1C. The third kappa shape index (κ3) is 1.81. The van der Waals surface area contributed by atoms with Gasteiger partial charge in [-0.05, 0) is 30.4 Å². The molecule has 1 aromatic rings. The van der Waals surface area contributed by atoms with Crippen molar-refractivity contribution in [2.75, 3.05) is 11.4 Å². The summed E-state index contributed by atoms with van der Waals surface area (Å²) in [6.07, 6.45) is 3.41. The van der Waals surface area contributed by atoms with Gasteiger partial charge in [0.25, 0.3) is 0 Å². The number of anilines is 1. The number of halogens is 1. The lowest BCUT2D eigenvalue weighted by atomic mass is 9.67. The molecule has 1 saturated carbocycles. The van der Waals surface area contributed by atoms with Crippen molar-refractivity contribution in [3.05, 3.63) is 30.1 Å². The molecule has 3 rings (SSSR count). The van der Waals surface area contributed by atoms with Gasteiger partial charge in [0.15, 0.2) is 5.96 Å². The highest BCUT2D eigenvalue weighted by Gasteiger charge is 2.50. The average Bonchev–Trinajstić information content (AvgIpc) is 2.75. The molecular weight excluding hydrogens is 253 g/mol. The molecule has 1 aliphatic heterocycles. The van der Waals surface area contributed by atoms with Gasteiger partial charge in [0, 0.05) is 0 Å². The number of nitrogens with two attached hydrogens (primary N) is 1. The summed E-state index contributed by atoms with van der Waals surface area (Å²) in [5.41, 5.74) is 6.52. The van der Waals surface area contributed by atoms with Gasteiger partial charge in [-0.15, -0.1) is 0 Å². The van der Waals surface area contributed by atoms with Gasteiger partial charge in [0.05, 0.1) is 17.8 Å². The van der Waals surface area contributed by atoms with Crippen LogP contribution < -0.4 is 10.6 Å². The largest absolute Gasteiger partial charge is 0.369 e. The molecule has 3 unspecified atom stereocenters. The predicted octanol–water partition coefficient (Wildman–Crippen LogP) is 3.16. The number of hydrogen-bond donors (Lipinski definition) is 1. The molecule has 1 aliphatic carbocycles. The van der Waals surface area contributed by atoms with Crippen LogP contribution in [0.4, 0.5) is 10.1 Å². The number of rotatable bonds is 1. The Labute approximate surface area is 119 Å². The normalized spacial score (nSPS) is 33.5. The first kappa shape index (κ1) is 13.4. The number of para-hydroxylation sites is 1. The van der Waals surface area contributed by atoms with Gasteiger partial charge in [-0.3, -0.25) is 4.99 Å². The Bertz CT molecular complexity index is 542. The Morgan fingerprint density at radius 1 is 1.35 bits per heavy atom. The molecule has 108 valence electrons. The first-order chi connectivity index (χ1) is 9.56. The number of aliphatic imine (C=N–C) groups is 1. The second-order valence-corrected chi connectivity index (χ2v) is 6.22. The summed E-state index contributed by atoms with van der Waals surface area (Å²) < 4.78 is 14.2. The topological polar surface area (TPSA) is 41.6 Å². The zero-order valence-electron chi connectivity index (χ0n) is 12.1. The molecule has 0 radical (unpaired) electrons. The van der Waals surface area contributed by atoms with Gasteiger partial charge < -0.3 is 10.6 Å². The summed E-state index contributed by atoms with van der Waals surface area (Å²) in [7, 11) is 0. The van der Waals surface area contributed by atoms with Gasteiger partial charge in [-0.25, -0.2) is 4.39 Å². The van der Waals surface area contributed by atoms with E-state index in [0.29, 0.717) is 30.0 Å². The maximum absolute atomic E-state index is 14.2. The van der Waals surface area contributed by atoms with Crippen molar-refractivity contribution in [1.29, 1.82) is 0 Å². The molecular formula is C16H22FN3. The van der Waals surface area contributed by atoms with Crippen LogP contribution in [-0.4, -0.2) is 18.0 Å². The zero-order valence-corrected chi connectivity index (χ0v) is 12.1. The third-order valence-corrected chi connectivity index (χ3v) is 5.25. The van der Waals surface area contributed by atoms with Crippen LogP contribution in [0.25, 0.3) is 0 Å². The smallest absolute Gasteiger partial charge is 0.196 e. The molecule has 0 amide bonds. The highest BCUT2D eigenvalue weighted by molar-refractivity contribution is 5.98. The van der Waals surface area contributed by atoms with Crippen molar-refractivity contribution in [1.82, 2.24) is 0 Å². The van der Waals surface area contributed by atoms with E-state index in [1.54, 1.807) is 12.1 Å². The molecule has 20 heavy (non-hydrogen) atoms. The van der Waals surface area contributed by atoms with Gasteiger partial charge in [-0.1, -0.05) is 38.8 Å². The fourth-order valence-electron chi connectivity index (χ4n) is 3.86. The second-order valence-electron chi connectivity index (χ2n) is 6.22. The summed E-state index contributed by atoms with van der Waals surface area (Å²) in [5, 5.41) is 0. The molecule has 1 fully saturated rings. The maximum atomic E-state index is 14.2. The molecule has 0 saturated heterocycles. The lowest BCUT2D eigenvalue weighted by Crippen LogP contribution is -2.59. The van der Waals surface area contributed by atoms with E-state index in [1.165, 1.54) is 12.5 Å². The molecule has 0 bridgehead atoms. The van der Waals surface area contributed by atoms with E-state index in [9.17, 15) is 4.39 Å². The van der Waals surface area contributed by atoms with Crippen molar-refractivity contribution >= 4 is 11.6 Å². The standard InChI is InChI=1S/C16H22FN3/c1-11-6-5-9-16(12(11)2)10-19-15(18)20(16)14-8-4-3-7-13(14)17/h3-4,7-8,11-12H,5-6,9-10H2,1-2H3,(H2,18,19). The van der Waals surface area contributed by atoms with Crippen LogP contribution in [0.2, 0.25) is 0 Å². The van der Waals surface area contributed by atoms with Crippen LogP contribution in [-0.2, 0) is 0 Å². The third-order valence-electron chi connectivity index (χ3n) is 5.25. The average molecular weight is 275 g/mol. The van der Waals surface area contributed by atoms with Gasteiger partial charge in [-0.2, -0.15) is 0 Å². The first-order valence-corrected chi connectivity index (χ1v) is 7.41. The quantitative estimate of drug-likeness (QED) is 0.855. The highest BCUT2D eigenvalue weighted by atomic mass is 19.1. The van der Waals surface area contributed by atoms with Crippen LogP contribution in [0.1, 0.15) is 33.1 Å². The second kappa shape index (κ2) is 4.76. The Balaban J connectivity index is 2.06. The van der Waals surface area contributed by atoms with Crippen molar-refractivity contribution < 1.29 is 4.39 Å². The summed E-state index contributed by atoms with van der Waals surface area (Å²) in [6, 6.07) is 6.86. The Morgan fingerprint density at radius 2 is 2.10 bits per heavy atom. The molecule has 2 N–H and O–H groups in total. The molecule has 3 nitrogen and oxygen atoms in total. The Hall–Kier alpha value is -1.58. The minimum atomic E-state index is -0.225. The molecule has 1 aromatic carbocycles. The van der Waals surface area contributed by atoms with E-state index >= 15 is 0 Å². The lowest BCUT2D eigenvalue weighted by Gasteiger charge is -2.49. The highest BCUT2D eigenvalue weighted by Crippen LogP contribution is 2.46. The summed E-state index contributed by atoms with van der Waals surface area (Å²) >= 11 is 0. The van der Waals surface area contributed by atoms with Crippen LogP contribution >= 0.6 is 0 Å². The van der Waals surface area contributed by atoms with Gasteiger partial charge in [0.2, 0.25) is 0 Å². The molecule has 4 heteroatoms. The minimum Gasteiger partial charge on any atom is -0.369 e. The zero-order chi connectivity index (χ0) is 14.3. The van der Waals surface area contributed by atoms with E-state index in [2.05, 4.69) is 18.8 Å². The summed E-state index contributed by atoms with van der Waals surface area (Å²) in [5.74, 6) is 1.29. The van der Waals surface area contributed by atoms with Crippen LogP contribution in [0, 0.1) is 17.7 Å². The monoisotopic (exact) mass is 275 g/mol. The fourth-order valence-corrected chi connectivity index (χ4v) is 3.86. The van der Waals surface area contributed by atoms with Crippen molar-refractivity contribution in [3.8, 4) is 0 Å². The van der Waals surface area contributed by atoms with Crippen molar-refractivity contribution in [2.24, 2.45) is 22.6 Å². The van der Waals surface area contributed by atoms with Crippen LogP contribution in [0.5, 0.6) is 0 Å². The molecule has 3 atom stereocenters. The predicted molar refractivity (Wildman–Crippen MR) is 80.3 cm³/mol. The molecule has 2 aliphatic rings. The Kier molecular flexibility index (Phi) is 3.19.